The molecule has 0 spiro atoms. The first-order valence-corrected chi connectivity index (χ1v) is 4.75. The zero-order chi connectivity index (χ0) is 11.5. The summed E-state index contributed by atoms with van der Waals surface area (Å²) >= 11 is 5.51. The van der Waals surface area contributed by atoms with Crippen LogP contribution in [0.3, 0.4) is 0 Å². The number of benzene rings is 1. The third kappa shape index (κ3) is 2.23. The van der Waals surface area contributed by atoms with Crippen LogP contribution in [0.5, 0.6) is 11.7 Å². The van der Waals surface area contributed by atoms with Crippen LogP contribution < -0.4 is 4.74 Å². The molecule has 0 fully saturated rings. The van der Waals surface area contributed by atoms with Gasteiger partial charge in [0.25, 0.3) is 5.95 Å². The lowest BCUT2D eigenvalue weighted by Gasteiger charge is -2.02. The number of furan rings is 1. The molecule has 1 aromatic carbocycles. The second-order valence-electron chi connectivity index (χ2n) is 2.95. The minimum atomic E-state index is -0.582. The van der Waals surface area contributed by atoms with Gasteiger partial charge in [0.05, 0.1) is 5.02 Å². The second-order valence-corrected chi connectivity index (χ2v) is 3.36. The largest absolute Gasteiger partial charge is 0.426 e. The van der Waals surface area contributed by atoms with Crippen LogP contribution in [0, 0.1) is 5.82 Å². The molecule has 0 unspecified atom stereocenters. The lowest BCUT2D eigenvalue weighted by Crippen LogP contribution is -1.84. The lowest BCUT2D eigenvalue weighted by molar-refractivity contribution is 0.109. The Morgan fingerprint density at radius 2 is 2.12 bits per heavy atom. The number of hydrogen-bond donors (Lipinski definition) is 0. The molecule has 0 amide bonds. The van der Waals surface area contributed by atoms with Crippen molar-refractivity contribution < 1.29 is 18.3 Å². The molecule has 0 aliphatic heterocycles. The molecule has 0 aliphatic rings. The molecule has 0 atom stereocenters. The monoisotopic (exact) mass is 240 g/mol. The Morgan fingerprint density at radius 3 is 2.75 bits per heavy atom. The molecule has 0 radical (unpaired) electrons. The van der Waals surface area contributed by atoms with Crippen molar-refractivity contribution >= 4 is 17.9 Å². The third-order valence-corrected chi connectivity index (χ3v) is 2.13. The van der Waals surface area contributed by atoms with Crippen molar-refractivity contribution in [2.24, 2.45) is 0 Å². The Kier molecular flexibility index (Phi) is 2.92. The first-order chi connectivity index (χ1) is 7.69. The summed E-state index contributed by atoms with van der Waals surface area (Å²) in [4.78, 5) is 10.3. The average Bonchev–Trinajstić information content (AvgIpc) is 2.71. The quantitative estimate of drug-likeness (QED) is 0.769. The molecule has 16 heavy (non-hydrogen) atoms. The van der Waals surface area contributed by atoms with Crippen LogP contribution in [0.15, 0.2) is 34.7 Å². The minimum Gasteiger partial charge on any atom is -0.426 e. The highest BCUT2D eigenvalue weighted by molar-refractivity contribution is 6.30. The van der Waals surface area contributed by atoms with Crippen LogP contribution >= 0.6 is 11.6 Å². The van der Waals surface area contributed by atoms with Gasteiger partial charge < -0.3 is 9.15 Å². The van der Waals surface area contributed by atoms with E-state index < -0.39 is 5.82 Å². The van der Waals surface area contributed by atoms with Gasteiger partial charge in [0.1, 0.15) is 11.6 Å². The van der Waals surface area contributed by atoms with Gasteiger partial charge in [0.2, 0.25) is 0 Å². The number of hydrogen-bond acceptors (Lipinski definition) is 3. The third-order valence-electron chi connectivity index (χ3n) is 1.83. The molecule has 0 bridgehead atoms. The normalized spacial score (nSPS) is 10.1. The van der Waals surface area contributed by atoms with E-state index in [1.807, 2.05) is 0 Å². The first kappa shape index (κ1) is 10.7. The SMILES string of the molecule is O=Cc1ccc(Oc2ccc(Cl)c(F)c2)o1. The summed E-state index contributed by atoms with van der Waals surface area (Å²) < 4.78 is 23.2. The van der Waals surface area contributed by atoms with E-state index in [4.69, 9.17) is 20.8 Å². The zero-order valence-electron chi connectivity index (χ0n) is 7.94. The van der Waals surface area contributed by atoms with E-state index in [0.29, 0.717) is 6.29 Å². The molecule has 82 valence electrons. The van der Waals surface area contributed by atoms with Gasteiger partial charge in [0.15, 0.2) is 12.0 Å². The molecular formula is C11H6ClFO3. The van der Waals surface area contributed by atoms with Gasteiger partial charge in [0, 0.05) is 12.1 Å². The van der Waals surface area contributed by atoms with Crippen molar-refractivity contribution in [3.05, 3.63) is 46.9 Å². The van der Waals surface area contributed by atoms with E-state index in [0.717, 1.165) is 6.07 Å². The zero-order valence-corrected chi connectivity index (χ0v) is 8.70. The Hall–Kier alpha value is -1.81. The summed E-state index contributed by atoms with van der Waals surface area (Å²) in [6, 6.07) is 6.92. The van der Waals surface area contributed by atoms with Crippen LogP contribution in [-0.4, -0.2) is 6.29 Å². The molecule has 3 nitrogen and oxygen atoms in total. The Balaban J connectivity index is 2.20. The van der Waals surface area contributed by atoms with Crippen molar-refractivity contribution in [2.75, 3.05) is 0 Å². The van der Waals surface area contributed by atoms with E-state index in [1.54, 1.807) is 0 Å². The highest BCUT2D eigenvalue weighted by Crippen LogP contribution is 2.26. The molecule has 0 saturated heterocycles. The standard InChI is InChI=1S/C11H6ClFO3/c12-9-3-1-7(5-10(9)13)15-11-4-2-8(6-14)16-11/h1-6H. The van der Waals surface area contributed by atoms with E-state index in [9.17, 15) is 9.18 Å². The van der Waals surface area contributed by atoms with Gasteiger partial charge in [-0.2, -0.15) is 0 Å². The fraction of sp³-hybridized carbons (Fsp3) is 0. The lowest BCUT2D eigenvalue weighted by atomic mass is 10.3. The van der Waals surface area contributed by atoms with Crippen molar-refractivity contribution in [2.45, 2.75) is 0 Å². The summed E-state index contributed by atoms with van der Waals surface area (Å²) in [5.74, 6) is -0.0803. The van der Waals surface area contributed by atoms with Crippen LogP contribution in [0.2, 0.25) is 5.02 Å². The molecule has 0 aliphatic carbocycles. The molecule has 0 N–H and O–H groups in total. The van der Waals surface area contributed by atoms with Crippen LogP contribution in [0.1, 0.15) is 10.6 Å². The Morgan fingerprint density at radius 1 is 1.31 bits per heavy atom. The fourth-order valence-electron chi connectivity index (χ4n) is 1.11. The molecule has 1 aromatic heterocycles. The predicted octanol–water partition coefficient (Wildman–Crippen LogP) is 3.68. The van der Waals surface area contributed by atoms with E-state index in [1.165, 1.54) is 24.3 Å². The van der Waals surface area contributed by atoms with Gasteiger partial charge >= 0.3 is 0 Å². The van der Waals surface area contributed by atoms with Crippen LogP contribution in [-0.2, 0) is 0 Å². The molecule has 2 aromatic rings. The molecule has 1 heterocycles. The predicted molar refractivity (Wildman–Crippen MR) is 55.6 cm³/mol. The van der Waals surface area contributed by atoms with E-state index in [-0.39, 0.29) is 22.5 Å². The van der Waals surface area contributed by atoms with Crippen LogP contribution in [0.4, 0.5) is 4.39 Å². The molecule has 2 rings (SSSR count). The maximum Gasteiger partial charge on any atom is 0.290 e. The fourth-order valence-corrected chi connectivity index (χ4v) is 1.23. The number of carbonyl (C=O) groups excluding carboxylic acids is 1. The Bertz CT molecular complexity index is 522. The van der Waals surface area contributed by atoms with Crippen molar-refractivity contribution in [1.29, 1.82) is 0 Å². The summed E-state index contributed by atoms with van der Waals surface area (Å²) in [6.45, 7) is 0. The summed E-state index contributed by atoms with van der Waals surface area (Å²) in [6.07, 6.45) is 0.551. The summed E-state index contributed by atoms with van der Waals surface area (Å²) in [5.41, 5.74) is 0. The smallest absolute Gasteiger partial charge is 0.290 e. The molecule has 0 saturated carbocycles. The maximum atomic E-state index is 13.1. The number of rotatable bonds is 3. The van der Waals surface area contributed by atoms with Gasteiger partial charge in [-0.15, -0.1) is 0 Å². The van der Waals surface area contributed by atoms with Gasteiger partial charge in [-0.1, -0.05) is 11.6 Å². The topological polar surface area (TPSA) is 39.4 Å². The second kappa shape index (κ2) is 4.37. The van der Waals surface area contributed by atoms with E-state index >= 15 is 0 Å². The van der Waals surface area contributed by atoms with Crippen molar-refractivity contribution in [3.8, 4) is 11.7 Å². The number of carbonyl (C=O) groups is 1. The highest BCUT2D eigenvalue weighted by Gasteiger charge is 2.06. The minimum absolute atomic E-state index is 0.0142. The number of ether oxygens (including phenoxy) is 1. The van der Waals surface area contributed by atoms with Gasteiger partial charge in [-0.05, 0) is 18.2 Å². The summed E-state index contributed by atoms with van der Waals surface area (Å²) in [5, 5.41) is 0.0142. The Labute approximate surface area is 95.4 Å². The highest BCUT2D eigenvalue weighted by atomic mass is 35.5. The molecule has 5 heteroatoms. The van der Waals surface area contributed by atoms with Gasteiger partial charge in [-0.25, -0.2) is 4.39 Å². The van der Waals surface area contributed by atoms with Crippen molar-refractivity contribution in [3.63, 3.8) is 0 Å². The van der Waals surface area contributed by atoms with Gasteiger partial charge in [-0.3, -0.25) is 4.79 Å². The number of aldehydes is 1. The maximum absolute atomic E-state index is 13.1. The first-order valence-electron chi connectivity index (χ1n) is 4.37. The summed E-state index contributed by atoms with van der Waals surface area (Å²) in [7, 11) is 0. The van der Waals surface area contributed by atoms with Crippen molar-refractivity contribution in [1.82, 2.24) is 0 Å². The van der Waals surface area contributed by atoms with Crippen LogP contribution in [0.25, 0.3) is 0 Å². The number of halogens is 2. The average molecular weight is 241 g/mol. The van der Waals surface area contributed by atoms with E-state index in [2.05, 4.69) is 0 Å². The molecular weight excluding hydrogens is 235 g/mol.